The number of hydrogen-bond donors (Lipinski definition) is 1. The van der Waals surface area contributed by atoms with Crippen molar-refractivity contribution in [3.05, 3.63) is 0 Å². The van der Waals surface area contributed by atoms with E-state index in [1.165, 1.54) is 0 Å². The Hall–Kier alpha value is -0.650. The van der Waals surface area contributed by atoms with Crippen molar-refractivity contribution in [2.75, 3.05) is 33.4 Å². The predicted molar refractivity (Wildman–Crippen MR) is 70.6 cm³/mol. The fourth-order valence-corrected chi connectivity index (χ4v) is 1.40. The van der Waals surface area contributed by atoms with Gasteiger partial charge in [0.05, 0.1) is 19.3 Å². The number of carbonyl (C=O) groups is 1. The minimum atomic E-state index is -0.318. The fraction of sp³-hybridized carbons (Fsp3) is 0.923. The van der Waals surface area contributed by atoms with Gasteiger partial charge in [-0.05, 0) is 46.7 Å². The molecule has 0 saturated carbocycles. The zero-order chi connectivity index (χ0) is 13.9. The number of piperidine rings is 1. The van der Waals surface area contributed by atoms with Gasteiger partial charge in [-0.3, -0.25) is 4.79 Å². The first-order chi connectivity index (χ1) is 8.49. The van der Waals surface area contributed by atoms with Crippen LogP contribution in [0.15, 0.2) is 0 Å². The molecule has 5 nitrogen and oxygen atoms in total. The molecule has 1 heterocycles. The molecule has 1 rings (SSSR count). The van der Waals surface area contributed by atoms with E-state index in [9.17, 15) is 4.79 Å². The lowest BCUT2D eigenvalue weighted by molar-refractivity contribution is -0.138. The number of nitrogens with one attached hydrogen (secondary N) is 1. The zero-order valence-electron chi connectivity index (χ0n) is 12.0. The SMILES string of the molecule is CC(C)(C)OC=O.COCCOC1CCNCC1. The highest BCUT2D eigenvalue weighted by Crippen LogP contribution is 2.06. The summed E-state index contributed by atoms with van der Waals surface area (Å²) in [6, 6.07) is 0. The summed E-state index contributed by atoms with van der Waals surface area (Å²) in [6.45, 7) is 9.56. The molecule has 0 aromatic rings. The standard InChI is InChI=1S/C8H17NO2.C5H10O2/c1-10-6-7-11-8-2-4-9-5-3-8;1-5(2,3)7-4-6/h8-9H,2-7H2,1H3;4H,1-3H3. The van der Waals surface area contributed by atoms with Crippen molar-refractivity contribution in [1.29, 1.82) is 0 Å². The maximum atomic E-state index is 9.60. The quantitative estimate of drug-likeness (QED) is 0.598. The van der Waals surface area contributed by atoms with Gasteiger partial charge in [-0.2, -0.15) is 0 Å². The number of hydrogen-bond acceptors (Lipinski definition) is 5. The number of rotatable bonds is 5. The van der Waals surface area contributed by atoms with Crippen LogP contribution in [-0.2, 0) is 19.0 Å². The minimum absolute atomic E-state index is 0.318. The first-order valence-electron chi connectivity index (χ1n) is 6.42. The Kier molecular flexibility index (Phi) is 9.92. The lowest BCUT2D eigenvalue weighted by atomic mass is 10.1. The molecule has 0 spiro atoms. The van der Waals surface area contributed by atoms with E-state index in [1.807, 2.05) is 20.8 Å². The highest BCUT2D eigenvalue weighted by Gasteiger charge is 2.12. The third-order valence-electron chi connectivity index (χ3n) is 2.33. The van der Waals surface area contributed by atoms with Gasteiger partial charge in [-0.1, -0.05) is 0 Å². The second-order valence-corrected chi connectivity index (χ2v) is 5.14. The van der Waals surface area contributed by atoms with E-state index in [-0.39, 0.29) is 5.60 Å². The smallest absolute Gasteiger partial charge is 0.293 e. The van der Waals surface area contributed by atoms with E-state index in [1.54, 1.807) is 7.11 Å². The van der Waals surface area contributed by atoms with Gasteiger partial charge in [0.15, 0.2) is 0 Å². The van der Waals surface area contributed by atoms with Crippen LogP contribution in [0.1, 0.15) is 33.6 Å². The van der Waals surface area contributed by atoms with Gasteiger partial charge in [-0.25, -0.2) is 0 Å². The maximum Gasteiger partial charge on any atom is 0.293 e. The average molecular weight is 261 g/mol. The van der Waals surface area contributed by atoms with Gasteiger partial charge >= 0.3 is 0 Å². The molecule has 108 valence electrons. The molecule has 0 aliphatic carbocycles. The molecule has 1 N–H and O–H groups in total. The lowest BCUT2D eigenvalue weighted by Gasteiger charge is -2.22. The number of ether oxygens (including phenoxy) is 3. The third kappa shape index (κ3) is 11.8. The van der Waals surface area contributed by atoms with Crippen molar-refractivity contribution in [1.82, 2.24) is 5.32 Å². The zero-order valence-corrected chi connectivity index (χ0v) is 12.0. The molecule has 0 aromatic heterocycles. The monoisotopic (exact) mass is 261 g/mol. The maximum absolute atomic E-state index is 9.60. The van der Waals surface area contributed by atoms with Gasteiger partial charge in [0.2, 0.25) is 0 Å². The van der Waals surface area contributed by atoms with Crippen LogP contribution in [0.25, 0.3) is 0 Å². The van der Waals surface area contributed by atoms with Crippen LogP contribution in [0.2, 0.25) is 0 Å². The summed E-state index contributed by atoms with van der Waals surface area (Å²) in [5.41, 5.74) is -0.318. The van der Waals surface area contributed by atoms with E-state index in [2.05, 4.69) is 10.1 Å². The van der Waals surface area contributed by atoms with Crippen molar-refractivity contribution in [2.45, 2.75) is 45.3 Å². The summed E-state index contributed by atoms with van der Waals surface area (Å²) in [6.07, 6.45) is 2.75. The summed E-state index contributed by atoms with van der Waals surface area (Å²) >= 11 is 0. The van der Waals surface area contributed by atoms with Crippen LogP contribution >= 0.6 is 0 Å². The van der Waals surface area contributed by atoms with Crippen molar-refractivity contribution < 1.29 is 19.0 Å². The summed E-state index contributed by atoms with van der Waals surface area (Å²) < 4.78 is 15.0. The van der Waals surface area contributed by atoms with Crippen molar-refractivity contribution in [2.24, 2.45) is 0 Å². The van der Waals surface area contributed by atoms with Crippen LogP contribution < -0.4 is 5.32 Å². The molecule has 0 radical (unpaired) electrons. The summed E-state index contributed by atoms with van der Waals surface area (Å²) in [4.78, 5) is 9.60. The van der Waals surface area contributed by atoms with E-state index < -0.39 is 0 Å². The number of methoxy groups -OCH3 is 1. The van der Waals surface area contributed by atoms with Gasteiger partial charge in [0.1, 0.15) is 5.60 Å². The Morgan fingerprint density at radius 2 is 1.83 bits per heavy atom. The summed E-state index contributed by atoms with van der Waals surface area (Å²) in [5, 5.41) is 3.29. The molecule has 0 amide bonds. The molecule has 1 saturated heterocycles. The molecular formula is C13H27NO4. The van der Waals surface area contributed by atoms with E-state index in [0.717, 1.165) is 32.5 Å². The fourth-order valence-electron chi connectivity index (χ4n) is 1.40. The molecule has 5 heteroatoms. The van der Waals surface area contributed by atoms with Crippen LogP contribution in [0.4, 0.5) is 0 Å². The van der Waals surface area contributed by atoms with Gasteiger partial charge in [-0.15, -0.1) is 0 Å². The first kappa shape index (κ1) is 17.4. The Labute approximate surface area is 110 Å². The van der Waals surface area contributed by atoms with Crippen LogP contribution in [-0.4, -0.2) is 51.6 Å². The van der Waals surface area contributed by atoms with Gasteiger partial charge in [0, 0.05) is 7.11 Å². The van der Waals surface area contributed by atoms with Crippen LogP contribution in [0, 0.1) is 0 Å². The Bertz CT molecular complexity index is 198. The van der Waals surface area contributed by atoms with Crippen molar-refractivity contribution in [3.8, 4) is 0 Å². The minimum Gasteiger partial charge on any atom is -0.462 e. The Balaban J connectivity index is 0.000000360. The molecule has 1 aliphatic rings. The normalized spacial score (nSPS) is 16.7. The molecule has 0 atom stereocenters. The van der Waals surface area contributed by atoms with Crippen LogP contribution in [0.5, 0.6) is 0 Å². The van der Waals surface area contributed by atoms with Crippen molar-refractivity contribution in [3.63, 3.8) is 0 Å². The molecule has 18 heavy (non-hydrogen) atoms. The molecular weight excluding hydrogens is 234 g/mol. The molecule has 1 aliphatic heterocycles. The molecule has 0 bridgehead atoms. The predicted octanol–water partition coefficient (Wildman–Crippen LogP) is 1.36. The lowest BCUT2D eigenvalue weighted by Crippen LogP contribution is -2.33. The van der Waals surface area contributed by atoms with Crippen molar-refractivity contribution >= 4 is 6.47 Å². The first-order valence-corrected chi connectivity index (χ1v) is 6.42. The topological polar surface area (TPSA) is 56.8 Å². The van der Waals surface area contributed by atoms with E-state index >= 15 is 0 Å². The second kappa shape index (κ2) is 10.3. The third-order valence-corrected chi connectivity index (χ3v) is 2.33. The average Bonchev–Trinajstić information content (AvgIpc) is 2.30. The Morgan fingerprint density at radius 1 is 1.22 bits per heavy atom. The summed E-state index contributed by atoms with van der Waals surface area (Å²) in [5.74, 6) is 0. The molecule has 1 fully saturated rings. The van der Waals surface area contributed by atoms with Gasteiger partial charge < -0.3 is 19.5 Å². The van der Waals surface area contributed by atoms with Gasteiger partial charge in [0.25, 0.3) is 6.47 Å². The number of carbonyl (C=O) groups excluding carboxylic acids is 1. The van der Waals surface area contributed by atoms with E-state index in [4.69, 9.17) is 9.47 Å². The summed E-state index contributed by atoms with van der Waals surface area (Å²) in [7, 11) is 1.70. The van der Waals surface area contributed by atoms with E-state index in [0.29, 0.717) is 19.2 Å². The highest BCUT2D eigenvalue weighted by atomic mass is 16.5. The van der Waals surface area contributed by atoms with Crippen LogP contribution in [0.3, 0.4) is 0 Å². The Morgan fingerprint density at radius 3 is 2.22 bits per heavy atom. The molecule has 0 unspecified atom stereocenters. The highest BCUT2D eigenvalue weighted by molar-refractivity contribution is 5.37. The second-order valence-electron chi connectivity index (χ2n) is 5.14. The largest absolute Gasteiger partial charge is 0.462 e. The molecule has 0 aromatic carbocycles.